The minimum atomic E-state index is -4.13. The van der Waals surface area contributed by atoms with Crippen LogP contribution in [0.4, 0.5) is 13.2 Å². The van der Waals surface area contributed by atoms with E-state index >= 15 is 0 Å². The lowest BCUT2D eigenvalue weighted by Crippen LogP contribution is -2.62. The number of rotatable bonds is 10. The highest BCUT2D eigenvalue weighted by atomic mass is 19.4. The lowest BCUT2D eigenvalue weighted by molar-refractivity contribution is -0.209. The van der Waals surface area contributed by atoms with Crippen molar-refractivity contribution in [2.75, 3.05) is 32.9 Å². The number of unbranched alkanes of at least 4 members (excludes halogenated alkanes) is 2. The number of aliphatic hydroxyl groups is 4. The Labute approximate surface area is 201 Å². The van der Waals surface area contributed by atoms with Crippen LogP contribution in [-0.4, -0.2) is 88.8 Å². The average molecular weight is 496 g/mol. The summed E-state index contributed by atoms with van der Waals surface area (Å²) >= 11 is 0. The first-order chi connectivity index (χ1) is 16.2. The lowest BCUT2D eigenvalue weighted by atomic mass is 9.65. The quantitative estimate of drug-likeness (QED) is 0.348. The second kappa shape index (κ2) is 13.2. The van der Waals surface area contributed by atoms with Crippen LogP contribution in [0.15, 0.2) is 0 Å². The van der Waals surface area contributed by atoms with Crippen LogP contribution in [0.25, 0.3) is 0 Å². The molecule has 9 heteroatoms. The molecule has 6 nitrogen and oxygen atoms in total. The van der Waals surface area contributed by atoms with E-state index in [9.17, 15) is 33.6 Å². The van der Waals surface area contributed by atoms with Crippen LogP contribution in [0.1, 0.15) is 70.6 Å². The molecule has 1 saturated heterocycles. The molecule has 3 aliphatic rings. The Balaban J connectivity index is 1.33. The maximum atomic E-state index is 13.8. The number of piperidine rings is 1. The molecule has 3 fully saturated rings. The van der Waals surface area contributed by atoms with E-state index in [2.05, 4.69) is 0 Å². The van der Waals surface area contributed by atoms with Crippen molar-refractivity contribution in [1.29, 1.82) is 0 Å². The van der Waals surface area contributed by atoms with E-state index in [4.69, 9.17) is 4.74 Å². The van der Waals surface area contributed by atoms with E-state index < -0.39 is 36.4 Å². The highest BCUT2D eigenvalue weighted by Gasteiger charge is 2.49. The number of halogens is 3. The molecule has 0 bridgehead atoms. The molecular weight excluding hydrogens is 451 g/mol. The van der Waals surface area contributed by atoms with Gasteiger partial charge in [-0.25, -0.2) is 0 Å². The Bertz CT molecular complexity index is 589. The first-order valence-corrected chi connectivity index (χ1v) is 13.3. The zero-order chi connectivity index (χ0) is 24.7. The Morgan fingerprint density at radius 3 is 2.29 bits per heavy atom. The largest absolute Gasteiger partial charge is 0.395 e. The molecule has 2 aliphatic carbocycles. The number of hydrogen-bond donors (Lipinski definition) is 4. The second-order valence-electron chi connectivity index (χ2n) is 10.8. The van der Waals surface area contributed by atoms with Gasteiger partial charge in [0.25, 0.3) is 0 Å². The van der Waals surface area contributed by atoms with E-state index in [0.29, 0.717) is 26.2 Å². The van der Waals surface area contributed by atoms with Gasteiger partial charge in [-0.3, -0.25) is 4.90 Å². The van der Waals surface area contributed by atoms with Crippen LogP contribution in [0.5, 0.6) is 0 Å². The highest BCUT2D eigenvalue weighted by molar-refractivity contribution is 4.94. The predicted molar refractivity (Wildman–Crippen MR) is 122 cm³/mol. The minimum absolute atomic E-state index is 0.0282. The standard InChI is InChI=1S/C25H44F3NO5/c26-25(27,28)20-13-17(9-10-19(20)18-7-3-1-4-8-18)16-34-12-6-2-5-11-29-14-22(31)24(33)23(32)21(29)15-30/h17-24,30-33H,1-16H2/t17?,19?,20?,21-,22+,23-,24-/m1/s1. The smallest absolute Gasteiger partial charge is 0.392 e. The number of nitrogens with zero attached hydrogens (tertiary/aromatic N) is 1. The van der Waals surface area contributed by atoms with Gasteiger partial charge in [-0.1, -0.05) is 32.1 Å². The molecule has 0 radical (unpaired) electrons. The number of alkyl halides is 3. The molecular formula is C25H44F3NO5. The molecule has 3 rings (SSSR count). The van der Waals surface area contributed by atoms with Crippen LogP contribution < -0.4 is 0 Å². The van der Waals surface area contributed by atoms with Crippen molar-refractivity contribution in [3.8, 4) is 0 Å². The summed E-state index contributed by atoms with van der Waals surface area (Å²) in [5.41, 5.74) is 0. The molecule has 4 N–H and O–H groups in total. The normalized spacial score (nSPS) is 36.6. The third-order valence-electron chi connectivity index (χ3n) is 8.49. The fraction of sp³-hybridized carbons (Fsp3) is 1.00. The lowest BCUT2D eigenvalue weighted by Gasteiger charge is -2.43. The number of likely N-dealkylation sites (tertiary alicyclic amines) is 1. The van der Waals surface area contributed by atoms with Gasteiger partial charge in [-0.15, -0.1) is 0 Å². The van der Waals surface area contributed by atoms with Gasteiger partial charge in [-0.2, -0.15) is 13.2 Å². The van der Waals surface area contributed by atoms with Gasteiger partial charge in [-0.05, 0) is 62.8 Å². The topological polar surface area (TPSA) is 93.4 Å². The molecule has 0 aromatic carbocycles. The van der Waals surface area contributed by atoms with Crippen LogP contribution in [0, 0.1) is 23.7 Å². The van der Waals surface area contributed by atoms with Crippen LogP contribution in [0.3, 0.4) is 0 Å². The molecule has 0 aromatic heterocycles. The summed E-state index contributed by atoms with van der Waals surface area (Å²) in [6, 6.07) is -0.597. The first-order valence-electron chi connectivity index (χ1n) is 13.3. The Hall–Kier alpha value is -0.450. The summed E-state index contributed by atoms with van der Waals surface area (Å²) in [7, 11) is 0. The average Bonchev–Trinajstić information content (AvgIpc) is 2.82. The summed E-state index contributed by atoms with van der Waals surface area (Å²) in [5.74, 6) is -1.20. The molecule has 1 aliphatic heterocycles. The fourth-order valence-corrected chi connectivity index (χ4v) is 6.52. The Kier molecular flexibility index (Phi) is 10.9. The summed E-state index contributed by atoms with van der Waals surface area (Å²) in [6.45, 7) is 1.37. The number of hydrogen-bond acceptors (Lipinski definition) is 6. The van der Waals surface area contributed by atoms with E-state index in [1.54, 1.807) is 4.90 Å². The molecule has 200 valence electrons. The molecule has 34 heavy (non-hydrogen) atoms. The Morgan fingerprint density at radius 2 is 1.62 bits per heavy atom. The predicted octanol–water partition coefficient (Wildman–Crippen LogP) is 3.11. The van der Waals surface area contributed by atoms with Gasteiger partial charge in [0.1, 0.15) is 12.2 Å². The summed E-state index contributed by atoms with van der Waals surface area (Å²) in [5, 5.41) is 39.2. The summed E-state index contributed by atoms with van der Waals surface area (Å²) in [6.07, 6.45) is 1.66. The third-order valence-corrected chi connectivity index (χ3v) is 8.49. The number of β-amino-alcohol motifs (C(OH)–C–C–N with tert-alkyl or cyclic N) is 1. The molecule has 0 spiro atoms. The second-order valence-corrected chi connectivity index (χ2v) is 10.8. The zero-order valence-corrected chi connectivity index (χ0v) is 20.2. The molecule has 0 aromatic rings. The Morgan fingerprint density at radius 1 is 0.882 bits per heavy atom. The molecule has 7 atom stereocenters. The van der Waals surface area contributed by atoms with Crippen molar-refractivity contribution >= 4 is 0 Å². The van der Waals surface area contributed by atoms with Gasteiger partial charge in [0.05, 0.1) is 24.7 Å². The number of ether oxygens (including phenoxy) is 1. The van der Waals surface area contributed by atoms with Crippen molar-refractivity contribution < 1.29 is 38.3 Å². The van der Waals surface area contributed by atoms with Gasteiger partial charge in [0.15, 0.2) is 0 Å². The van der Waals surface area contributed by atoms with Crippen LogP contribution >= 0.6 is 0 Å². The van der Waals surface area contributed by atoms with E-state index in [0.717, 1.165) is 57.8 Å². The van der Waals surface area contributed by atoms with Gasteiger partial charge in [0, 0.05) is 19.8 Å². The van der Waals surface area contributed by atoms with Gasteiger partial charge < -0.3 is 25.2 Å². The van der Waals surface area contributed by atoms with Crippen molar-refractivity contribution in [3.05, 3.63) is 0 Å². The van der Waals surface area contributed by atoms with E-state index in [1.165, 1.54) is 0 Å². The third kappa shape index (κ3) is 7.53. The number of aliphatic hydroxyl groups excluding tert-OH is 4. The summed E-state index contributed by atoms with van der Waals surface area (Å²) in [4.78, 5) is 1.80. The van der Waals surface area contributed by atoms with Crippen LogP contribution in [0.2, 0.25) is 0 Å². The van der Waals surface area contributed by atoms with Crippen molar-refractivity contribution in [1.82, 2.24) is 4.90 Å². The summed E-state index contributed by atoms with van der Waals surface area (Å²) < 4.78 is 47.2. The molecule has 1 heterocycles. The molecule has 3 unspecified atom stereocenters. The van der Waals surface area contributed by atoms with E-state index in [-0.39, 0.29) is 37.3 Å². The molecule has 0 amide bonds. The minimum Gasteiger partial charge on any atom is -0.395 e. The van der Waals surface area contributed by atoms with Crippen molar-refractivity contribution in [3.63, 3.8) is 0 Å². The van der Waals surface area contributed by atoms with Crippen LogP contribution in [-0.2, 0) is 4.74 Å². The monoisotopic (exact) mass is 495 g/mol. The SMILES string of the molecule is OC[C@@H]1[C@@H](O)[C@H](O)[C@@H](O)CN1CCCCCOCC1CCC(C2CCCCC2)C(C(F)(F)F)C1. The maximum absolute atomic E-state index is 13.8. The van der Waals surface area contributed by atoms with Crippen molar-refractivity contribution in [2.24, 2.45) is 23.7 Å². The van der Waals surface area contributed by atoms with Gasteiger partial charge in [0.2, 0.25) is 0 Å². The van der Waals surface area contributed by atoms with Gasteiger partial charge >= 0.3 is 6.18 Å². The first kappa shape index (κ1) is 28.1. The maximum Gasteiger partial charge on any atom is 0.392 e. The molecule has 2 saturated carbocycles. The fourth-order valence-electron chi connectivity index (χ4n) is 6.52. The zero-order valence-electron chi connectivity index (χ0n) is 20.2. The van der Waals surface area contributed by atoms with E-state index in [1.807, 2.05) is 0 Å². The highest BCUT2D eigenvalue weighted by Crippen LogP contribution is 2.49. The van der Waals surface area contributed by atoms with Crippen molar-refractivity contribution in [2.45, 2.75) is 101 Å².